The van der Waals surface area contributed by atoms with E-state index in [4.69, 9.17) is 19.7 Å². The van der Waals surface area contributed by atoms with Gasteiger partial charge in [-0.15, -0.1) is 0 Å². The maximum absolute atomic E-state index is 9.33. The van der Waals surface area contributed by atoms with Gasteiger partial charge in [-0.2, -0.15) is 0 Å². The lowest BCUT2D eigenvalue weighted by atomic mass is 10.1. The van der Waals surface area contributed by atoms with Gasteiger partial charge in [0, 0.05) is 7.11 Å². The van der Waals surface area contributed by atoms with Crippen LogP contribution in [0, 0.1) is 0 Å². The summed E-state index contributed by atoms with van der Waals surface area (Å²) >= 11 is 0. The molecule has 0 amide bonds. The molecule has 1 fully saturated rings. The molecule has 4 N–H and O–H groups in total. The van der Waals surface area contributed by atoms with Crippen LogP contribution in [0.2, 0.25) is 0 Å². The van der Waals surface area contributed by atoms with Gasteiger partial charge in [0.2, 0.25) is 0 Å². The lowest BCUT2D eigenvalue weighted by Gasteiger charge is -2.18. The smallest absolute Gasteiger partial charge is 0.186 e. The second-order valence-electron chi connectivity index (χ2n) is 2.94. The number of methoxy groups -OCH3 is 1. The Balaban J connectivity index is 2.60. The molecule has 0 saturated carbocycles. The van der Waals surface area contributed by atoms with Crippen molar-refractivity contribution < 1.29 is 29.9 Å². The Labute approximate surface area is 75.3 Å². The zero-order valence-electron chi connectivity index (χ0n) is 7.20. The third-order valence-electron chi connectivity index (χ3n) is 2.06. The molecule has 0 aromatic heterocycles. The van der Waals surface area contributed by atoms with Crippen molar-refractivity contribution in [3.8, 4) is 0 Å². The fraction of sp³-hybridized carbons (Fsp3) is 1.00. The largest absolute Gasteiger partial charge is 0.394 e. The molecule has 13 heavy (non-hydrogen) atoms. The maximum atomic E-state index is 9.33. The number of aliphatic hydroxyl groups excluding tert-OH is 4. The SMILES string of the molecule is CO[C@@H]1O[C@@H]([C@H](O)CO)[C@H](O)[C@H]1O. The highest BCUT2D eigenvalue weighted by molar-refractivity contribution is 4.90. The molecule has 0 bridgehead atoms. The predicted molar refractivity (Wildman–Crippen MR) is 40.8 cm³/mol. The van der Waals surface area contributed by atoms with Gasteiger partial charge in [0.25, 0.3) is 0 Å². The molecular weight excluding hydrogens is 180 g/mol. The van der Waals surface area contributed by atoms with E-state index in [0.29, 0.717) is 0 Å². The van der Waals surface area contributed by atoms with Crippen molar-refractivity contribution >= 4 is 0 Å². The fourth-order valence-electron chi connectivity index (χ4n) is 1.29. The van der Waals surface area contributed by atoms with Gasteiger partial charge in [-0.1, -0.05) is 0 Å². The number of ether oxygens (including phenoxy) is 2. The highest BCUT2D eigenvalue weighted by Crippen LogP contribution is 2.23. The summed E-state index contributed by atoms with van der Waals surface area (Å²) in [6.07, 6.45) is -5.63. The summed E-state index contributed by atoms with van der Waals surface area (Å²) in [5.74, 6) is 0. The monoisotopic (exact) mass is 194 g/mol. The van der Waals surface area contributed by atoms with Gasteiger partial charge >= 0.3 is 0 Å². The first-order valence-corrected chi connectivity index (χ1v) is 3.95. The number of hydrogen-bond acceptors (Lipinski definition) is 6. The minimum Gasteiger partial charge on any atom is -0.394 e. The molecule has 6 nitrogen and oxygen atoms in total. The Morgan fingerprint density at radius 2 is 2.00 bits per heavy atom. The lowest BCUT2D eigenvalue weighted by Crippen LogP contribution is -2.40. The number of aliphatic hydroxyl groups is 4. The van der Waals surface area contributed by atoms with Crippen LogP contribution in [0.3, 0.4) is 0 Å². The maximum Gasteiger partial charge on any atom is 0.186 e. The van der Waals surface area contributed by atoms with Crippen molar-refractivity contribution in [2.75, 3.05) is 13.7 Å². The number of hydrogen-bond donors (Lipinski definition) is 4. The Morgan fingerprint density at radius 3 is 2.38 bits per heavy atom. The van der Waals surface area contributed by atoms with Crippen LogP contribution in [0.4, 0.5) is 0 Å². The first-order chi connectivity index (χ1) is 6.11. The molecule has 6 heteroatoms. The summed E-state index contributed by atoms with van der Waals surface area (Å²) in [6.45, 7) is -0.537. The van der Waals surface area contributed by atoms with Gasteiger partial charge in [-0.05, 0) is 0 Å². The molecule has 1 aliphatic rings. The van der Waals surface area contributed by atoms with Gasteiger partial charge in [0.1, 0.15) is 24.4 Å². The highest BCUT2D eigenvalue weighted by atomic mass is 16.7. The molecule has 1 aliphatic heterocycles. The first kappa shape index (κ1) is 10.8. The zero-order valence-corrected chi connectivity index (χ0v) is 7.20. The van der Waals surface area contributed by atoms with Crippen LogP contribution in [0.5, 0.6) is 0 Å². The van der Waals surface area contributed by atoms with Gasteiger partial charge in [-0.3, -0.25) is 0 Å². The van der Waals surface area contributed by atoms with E-state index in [1.165, 1.54) is 7.11 Å². The molecule has 1 rings (SSSR count). The molecular formula is C7H14O6. The second kappa shape index (κ2) is 4.32. The average Bonchev–Trinajstić information content (AvgIpc) is 2.43. The second-order valence-corrected chi connectivity index (χ2v) is 2.94. The Bertz CT molecular complexity index is 163. The summed E-state index contributed by atoms with van der Waals surface area (Å²) in [5, 5.41) is 36.4. The van der Waals surface area contributed by atoms with E-state index in [1.54, 1.807) is 0 Å². The molecule has 0 spiro atoms. The quantitative estimate of drug-likeness (QED) is 0.394. The predicted octanol–water partition coefficient (Wildman–Crippen LogP) is -2.57. The molecule has 0 aromatic rings. The van der Waals surface area contributed by atoms with Crippen LogP contribution < -0.4 is 0 Å². The summed E-state index contributed by atoms with van der Waals surface area (Å²) in [4.78, 5) is 0. The van der Waals surface area contributed by atoms with Crippen LogP contribution in [-0.2, 0) is 9.47 Å². The third-order valence-corrected chi connectivity index (χ3v) is 2.06. The van der Waals surface area contributed by atoms with E-state index < -0.39 is 37.3 Å². The Morgan fingerprint density at radius 1 is 1.38 bits per heavy atom. The molecule has 0 aromatic carbocycles. The van der Waals surface area contributed by atoms with Crippen LogP contribution in [0.15, 0.2) is 0 Å². The third kappa shape index (κ3) is 1.98. The topological polar surface area (TPSA) is 99.4 Å². The molecule has 0 aliphatic carbocycles. The normalized spacial score (nSPS) is 42.2. The molecule has 0 radical (unpaired) electrons. The molecule has 0 unspecified atom stereocenters. The minimum absolute atomic E-state index is 0.537. The van der Waals surface area contributed by atoms with E-state index in [9.17, 15) is 10.2 Å². The molecule has 1 heterocycles. The molecule has 78 valence electrons. The minimum atomic E-state index is -1.24. The van der Waals surface area contributed by atoms with E-state index >= 15 is 0 Å². The van der Waals surface area contributed by atoms with Gasteiger partial charge < -0.3 is 29.9 Å². The van der Waals surface area contributed by atoms with Crippen LogP contribution in [0.1, 0.15) is 0 Å². The summed E-state index contributed by atoms with van der Waals surface area (Å²) in [6, 6.07) is 0. The van der Waals surface area contributed by atoms with Crippen molar-refractivity contribution in [1.29, 1.82) is 0 Å². The van der Waals surface area contributed by atoms with Crippen molar-refractivity contribution in [3.63, 3.8) is 0 Å². The van der Waals surface area contributed by atoms with Gasteiger partial charge in [-0.25, -0.2) is 0 Å². The average molecular weight is 194 g/mol. The first-order valence-electron chi connectivity index (χ1n) is 3.95. The Hall–Kier alpha value is -0.240. The van der Waals surface area contributed by atoms with Crippen molar-refractivity contribution in [2.24, 2.45) is 0 Å². The van der Waals surface area contributed by atoms with E-state index in [2.05, 4.69) is 0 Å². The van der Waals surface area contributed by atoms with Crippen molar-refractivity contribution in [1.82, 2.24) is 0 Å². The van der Waals surface area contributed by atoms with Crippen molar-refractivity contribution in [2.45, 2.75) is 30.7 Å². The fourth-order valence-corrected chi connectivity index (χ4v) is 1.29. The zero-order chi connectivity index (χ0) is 10.0. The van der Waals surface area contributed by atoms with E-state index in [0.717, 1.165) is 0 Å². The standard InChI is InChI=1S/C7H14O6/c1-12-7-5(11)4(10)6(13-7)3(9)2-8/h3-11H,2H2,1H3/t3-,4-,5-,6+,7-/m1/s1. The van der Waals surface area contributed by atoms with Crippen molar-refractivity contribution in [3.05, 3.63) is 0 Å². The lowest BCUT2D eigenvalue weighted by molar-refractivity contribution is -0.166. The van der Waals surface area contributed by atoms with E-state index in [1.807, 2.05) is 0 Å². The number of rotatable bonds is 3. The van der Waals surface area contributed by atoms with Crippen LogP contribution in [0.25, 0.3) is 0 Å². The van der Waals surface area contributed by atoms with E-state index in [-0.39, 0.29) is 0 Å². The Kier molecular flexibility index (Phi) is 3.60. The van der Waals surface area contributed by atoms with Gasteiger partial charge in [0.05, 0.1) is 6.61 Å². The molecule has 1 saturated heterocycles. The summed E-state index contributed by atoms with van der Waals surface area (Å²) in [7, 11) is 1.31. The van der Waals surface area contributed by atoms with Crippen LogP contribution >= 0.6 is 0 Å². The highest BCUT2D eigenvalue weighted by Gasteiger charge is 2.45. The summed E-state index contributed by atoms with van der Waals surface area (Å²) < 4.78 is 9.65. The van der Waals surface area contributed by atoms with Gasteiger partial charge in [0.15, 0.2) is 6.29 Å². The summed E-state index contributed by atoms with van der Waals surface area (Å²) in [5.41, 5.74) is 0. The molecule has 5 atom stereocenters. The van der Waals surface area contributed by atoms with Crippen LogP contribution in [-0.4, -0.2) is 64.8 Å².